The highest BCUT2D eigenvalue weighted by Crippen LogP contribution is 2.18. The Morgan fingerprint density at radius 1 is 1.31 bits per heavy atom. The summed E-state index contributed by atoms with van der Waals surface area (Å²) in [6.45, 7) is 9.52. The van der Waals surface area contributed by atoms with Gasteiger partial charge in [-0.25, -0.2) is 9.97 Å². The second-order valence-corrected chi connectivity index (χ2v) is 4.49. The number of nitrogens with zero attached hydrogens (tertiary/aromatic N) is 3. The lowest BCUT2D eigenvalue weighted by atomic mass is 10.3. The van der Waals surface area contributed by atoms with Gasteiger partial charge in [0.05, 0.1) is 0 Å². The summed E-state index contributed by atoms with van der Waals surface area (Å²) in [5, 5.41) is 0.531. The van der Waals surface area contributed by atoms with Crippen molar-refractivity contribution in [3.63, 3.8) is 0 Å². The molecule has 0 saturated heterocycles. The lowest BCUT2D eigenvalue weighted by Crippen LogP contribution is -2.32. The predicted molar refractivity (Wildman–Crippen MR) is 69.2 cm³/mol. The van der Waals surface area contributed by atoms with E-state index in [2.05, 4.69) is 35.6 Å². The Morgan fingerprint density at radius 2 is 2.00 bits per heavy atom. The van der Waals surface area contributed by atoms with Crippen LogP contribution in [0.4, 0.5) is 5.82 Å². The van der Waals surface area contributed by atoms with Gasteiger partial charge >= 0.3 is 0 Å². The van der Waals surface area contributed by atoms with Crippen molar-refractivity contribution in [3.8, 4) is 0 Å². The molecule has 16 heavy (non-hydrogen) atoms. The molecule has 0 spiro atoms. The Labute approximate surface area is 103 Å². The molecule has 0 fully saturated rings. The molecule has 0 atom stereocenters. The van der Waals surface area contributed by atoms with Crippen molar-refractivity contribution in [2.45, 2.75) is 46.6 Å². The first-order chi connectivity index (χ1) is 7.58. The van der Waals surface area contributed by atoms with Gasteiger partial charge in [0.25, 0.3) is 0 Å². The highest BCUT2D eigenvalue weighted by atomic mass is 35.5. The van der Waals surface area contributed by atoms with Gasteiger partial charge < -0.3 is 4.90 Å². The van der Waals surface area contributed by atoms with Gasteiger partial charge in [0, 0.05) is 25.1 Å². The summed E-state index contributed by atoms with van der Waals surface area (Å²) < 4.78 is 0. The molecule has 1 heterocycles. The van der Waals surface area contributed by atoms with Crippen LogP contribution in [0.15, 0.2) is 6.07 Å². The number of rotatable bonds is 5. The SMILES string of the molecule is CCCN(c1cc(Cl)nc(CC)n1)C(C)C. The molecule has 0 aromatic carbocycles. The Morgan fingerprint density at radius 3 is 2.50 bits per heavy atom. The van der Waals surface area contributed by atoms with Crippen LogP contribution in [-0.2, 0) is 6.42 Å². The summed E-state index contributed by atoms with van der Waals surface area (Å²) in [5.41, 5.74) is 0. The third-order valence-electron chi connectivity index (χ3n) is 2.43. The average molecular weight is 242 g/mol. The Hall–Kier alpha value is -0.830. The number of hydrogen-bond acceptors (Lipinski definition) is 3. The summed E-state index contributed by atoms with van der Waals surface area (Å²) >= 11 is 6.00. The molecule has 0 radical (unpaired) electrons. The molecule has 1 rings (SSSR count). The molecule has 0 aliphatic rings. The predicted octanol–water partition coefficient (Wildman–Crippen LogP) is 3.32. The van der Waals surface area contributed by atoms with Crippen LogP contribution >= 0.6 is 11.6 Å². The standard InChI is InChI=1S/C12H20ClN3/c1-5-7-16(9(3)4)12-8-10(13)14-11(6-2)15-12/h8-9H,5-7H2,1-4H3. The minimum absolute atomic E-state index is 0.427. The fourth-order valence-corrected chi connectivity index (χ4v) is 1.83. The van der Waals surface area contributed by atoms with Gasteiger partial charge in [-0.05, 0) is 20.3 Å². The van der Waals surface area contributed by atoms with E-state index in [4.69, 9.17) is 11.6 Å². The second kappa shape index (κ2) is 6.04. The van der Waals surface area contributed by atoms with Crippen molar-refractivity contribution in [1.82, 2.24) is 9.97 Å². The third-order valence-corrected chi connectivity index (χ3v) is 2.62. The van der Waals surface area contributed by atoms with E-state index in [1.807, 2.05) is 13.0 Å². The molecule has 0 saturated carbocycles. The average Bonchev–Trinajstić information content (AvgIpc) is 2.24. The van der Waals surface area contributed by atoms with Crippen LogP contribution in [0.3, 0.4) is 0 Å². The van der Waals surface area contributed by atoms with Gasteiger partial charge in [-0.3, -0.25) is 0 Å². The van der Waals surface area contributed by atoms with Crippen LogP contribution < -0.4 is 4.90 Å². The van der Waals surface area contributed by atoms with Crippen LogP contribution in [-0.4, -0.2) is 22.6 Å². The molecular formula is C12H20ClN3. The zero-order valence-electron chi connectivity index (χ0n) is 10.5. The zero-order valence-corrected chi connectivity index (χ0v) is 11.3. The van der Waals surface area contributed by atoms with Gasteiger partial charge in [0.1, 0.15) is 16.8 Å². The van der Waals surface area contributed by atoms with Crippen molar-refractivity contribution < 1.29 is 0 Å². The molecule has 4 heteroatoms. The fourth-order valence-electron chi connectivity index (χ4n) is 1.64. The normalized spacial score (nSPS) is 10.9. The third kappa shape index (κ3) is 3.34. The fraction of sp³-hybridized carbons (Fsp3) is 0.667. The summed E-state index contributed by atoms with van der Waals surface area (Å²) in [5.74, 6) is 1.75. The zero-order chi connectivity index (χ0) is 12.1. The van der Waals surface area contributed by atoms with E-state index in [-0.39, 0.29) is 0 Å². The van der Waals surface area contributed by atoms with Gasteiger partial charge in [0.2, 0.25) is 0 Å². The van der Waals surface area contributed by atoms with E-state index in [0.29, 0.717) is 11.2 Å². The van der Waals surface area contributed by atoms with E-state index < -0.39 is 0 Å². The molecule has 1 aromatic heterocycles. The topological polar surface area (TPSA) is 29.0 Å². The van der Waals surface area contributed by atoms with E-state index in [1.54, 1.807) is 0 Å². The van der Waals surface area contributed by atoms with E-state index in [1.165, 1.54) is 0 Å². The molecule has 0 amide bonds. The van der Waals surface area contributed by atoms with E-state index >= 15 is 0 Å². The van der Waals surface area contributed by atoms with E-state index in [9.17, 15) is 0 Å². The molecule has 0 bridgehead atoms. The number of halogens is 1. The number of aryl methyl sites for hydroxylation is 1. The van der Waals surface area contributed by atoms with Crippen molar-refractivity contribution in [2.75, 3.05) is 11.4 Å². The van der Waals surface area contributed by atoms with Gasteiger partial charge in [-0.1, -0.05) is 25.4 Å². The minimum Gasteiger partial charge on any atom is -0.354 e. The first-order valence-electron chi connectivity index (χ1n) is 5.88. The van der Waals surface area contributed by atoms with Crippen LogP contribution in [0.1, 0.15) is 39.9 Å². The smallest absolute Gasteiger partial charge is 0.134 e. The Bertz CT molecular complexity index is 339. The van der Waals surface area contributed by atoms with Crippen LogP contribution in [0.5, 0.6) is 0 Å². The number of anilines is 1. The highest BCUT2D eigenvalue weighted by molar-refractivity contribution is 6.29. The minimum atomic E-state index is 0.427. The lowest BCUT2D eigenvalue weighted by molar-refractivity contribution is 0.658. The van der Waals surface area contributed by atoms with Crippen molar-refractivity contribution in [1.29, 1.82) is 0 Å². The maximum Gasteiger partial charge on any atom is 0.134 e. The van der Waals surface area contributed by atoms with Crippen molar-refractivity contribution in [2.24, 2.45) is 0 Å². The largest absolute Gasteiger partial charge is 0.354 e. The lowest BCUT2D eigenvalue weighted by Gasteiger charge is -2.27. The Balaban J connectivity index is 3.03. The van der Waals surface area contributed by atoms with Crippen LogP contribution in [0, 0.1) is 0 Å². The van der Waals surface area contributed by atoms with E-state index in [0.717, 1.165) is 31.0 Å². The molecule has 0 N–H and O–H groups in total. The molecule has 0 aliphatic carbocycles. The summed E-state index contributed by atoms with van der Waals surface area (Å²) in [6, 6.07) is 2.27. The second-order valence-electron chi connectivity index (χ2n) is 4.11. The number of aromatic nitrogens is 2. The summed E-state index contributed by atoms with van der Waals surface area (Å²) in [4.78, 5) is 11.0. The monoisotopic (exact) mass is 241 g/mol. The van der Waals surface area contributed by atoms with Crippen molar-refractivity contribution >= 4 is 17.4 Å². The molecule has 0 aliphatic heterocycles. The quantitative estimate of drug-likeness (QED) is 0.741. The van der Waals surface area contributed by atoms with Gasteiger partial charge in [0.15, 0.2) is 0 Å². The van der Waals surface area contributed by atoms with Gasteiger partial charge in [-0.15, -0.1) is 0 Å². The molecular weight excluding hydrogens is 222 g/mol. The molecule has 1 aromatic rings. The Kier molecular flexibility index (Phi) is 5.00. The maximum atomic E-state index is 6.00. The summed E-state index contributed by atoms with van der Waals surface area (Å²) in [6.07, 6.45) is 1.91. The van der Waals surface area contributed by atoms with Gasteiger partial charge in [-0.2, -0.15) is 0 Å². The maximum absolute atomic E-state index is 6.00. The van der Waals surface area contributed by atoms with Crippen molar-refractivity contribution in [3.05, 3.63) is 17.0 Å². The van der Waals surface area contributed by atoms with Crippen LogP contribution in [0.2, 0.25) is 5.15 Å². The summed E-state index contributed by atoms with van der Waals surface area (Å²) in [7, 11) is 0. The molecule has 90 valence electrons. The highest BCUT2D eigenvalue weighted by Gasteiger charge is 2.12. The first-order valence-corrected chi connectivity index (χ1v) is 6.26. The molecule has 3 nitrogen and oxygen atoms in total. The van der Waals surface area contributed by atoms with Crippen LogP contribution in [0.25, 0.3) is 0 Å². The molecule has 0 unspecified atom stereocenters. The number of hydrogen-bond donors (Lipinski definition) is 0. The first kappa shape index (κ1) is 13.2.